The fourth-order valence-electron chi connectivity index (χ4n) is 3.42. The van der Waals surface area contributed by atoms with E-state index in [1.54, 1.807) is 31.2 Å². The summed E-state index contributed by atoms with van der Waals surface area (Å²) in [6.45, 7) is 3.70. The van der Waals surface area contributed by atoms with E-state index in [-0.39, 0.29) is 30.0 Å². The van der Waals surface area contributed by atoms with Crippen LogP contribution in [0.15, 0.2) is 36.4 Å². The molecule has 2 rings (SSSR count). The summed E-state index contributed by atoms with van der Waals surface area (Å²) in [5, 5.41) is 12.0. The van der Waals surface area contributed by atoms with E-state index in [0.717, 1.165) is 5.56 Å². The second-order valence-corrected chi connectivity index (χ2v) is 6.85. The van der Waals surface area contributed by atoms with E-state index in [2.05, 4.69) is 0 Å². The van der Waals surface area contributed by atoms with Gasteiger partial charge in [-0.25, -0.2) is 0 Å². The molecule has 1 unspecified atom stereocenters. The van der Waals surface area contributed by atoms with Gasteiger partial charge in [0.1, 0.15) is 0 Å². The number of carbonyl (C=O) groups is 1. The first-order valence-corrected chi connectivity index (χ1v) is 9.37. The van der Waals surface area contributed by atoms with Crippen molar-refractivity contribution in [2.75, 3.05) is 21.3 Å². The van der Waals surface area contributed by atoms with Gasteiger partial charge in [-0.05, 0) is 19.1 Å². The minimum Gasteiger partial charge on any atom is -0.493 e. The SMILES string of the molecule is CCC(CCC(=O)c1cc(OC)c(OC)c(OC)c1)(c1ccc(C)cc1)[N+](=O)[O-]. The summed E-state index contributed by atoms with van der Waals surface area (Å²) < 4.78 is 15.9. The summed E-state index contributed by atoms with van der Waals surface area (Å²) in [6, 6.07) is 10.4. The topological polar surface area (TPSA) is 87.9 Å². The molecule has 0 amide bonds. The van der Waals surface area contributed by atoms with Gasteiger partial charge in [0.15, 0.2) is 17.3 Å². The minimum atomic E-state index is -1.32. The highest BCUT2D eigenvalue weighted by molar-refractivity contribution is 5.97. The Labute approximate surface area is 170 Å². The summed E-state index contributed by atoms with van der Waals surface area (Å²) in [7, 11) is 4.42. The quantitative estimate of drug-likeness (QED) is 0.329. The zero-order chi connectivity index (χ0) is 21.6. The average molecular weight is 401 g/mol. The largest absolute Gasteiger partial charge is 0.493 e. The van der Waals surface area contributed by atoms with Crippen LogP contribution in [0.2, 0.25) is 0 Å². The molecule has 0 heterocycles. The number of nitro groups is 1. The highest BCUT2D eigenvalue weighted by Crippen LogP contribution is 2.39. The summed E-state index contributed by atoms with van der Waals surface area (Å²) in [4.78, 5) is 24.6. The van der Waals surface area contributed by atoms with Gasteiger partial charge in [0.25, 0.3) is 0 Å². The molecular weight excluding hydrogens is 374 g/mol. The minimum absolute atomic E-state index is 0.0152. The monoisotopic (exact) mass is 401 g/mol. The lowest BCUT2D eigenvalue weighted by atomic mass is 9.82. The molecule has 0 saturated heterocycles. The van der Waals surface area contributed by atoms with Crippen LogP contribution >= 0.6 is 0 Å². The number of Topliss-reactive ketones (excluding diaryl/α,β-unsaturated/α-hetero) is 1. The number of hydrogen-bond acceptors (Lipinski definition) is 6. The predicted molar refractivity (Wildman–Crippen MR) is 110 cm³/mol. The molecule has 7 heteroatoms. The predicted octanol–water partition coefficient (Wildman–Crippen LogP) is 4.57. The van der Waals surface area contributed by atoms with Crippen molar-refractivity contribution in [3.8, 4) is 17.2 Å². The van der Waals surface area contributed by atoms with E-state index in [9.17, 15) is 14.9 Å². The lowest BCUT2D eigenvalue weighted by Gasteiger charge is -2.24. The van der Waals surface area contributed by atoms with Crippen LogP contribution in [0, 0.1) is 17.0 Å². The van der Waals surface area contributed by atoms with Crippen LogP contribution in [0.1, 0.15) is 47.7 Å². The summed E-state index contributed by atoms with van der Waals surface area (Å²) in [6.07, 6.45) is 0.391. The Morgan fingerprint density at radius 3 is 2.00 bits per heavy atom. The van der Waals surface area contributed by atoms with Gasteiger partial charge in [-0.1, -0.05) is 36.8 Å². The van der Waals surface area contributed by atoms with E-state index in [1.165, 1.54) is 21.3 Å². The third kappa shape index (κ3) is 4.50. The van der Waals surface area contributed by atoms with E-state index in [0.29, 0.717) is 28.4 Å². The van der Waals surface area contributed by atoms with Gasteiger partial charge in [-0.15, -0.1) is 0 Å². The molecule has 7 nitrogen and oxygen atoms in total. The van der Waals surface area contributed by atoms with Crippen molar-refractivity contribution in [2.24, 2.45) is 0 Å². The standard InChI is InChI=1S/C22H27NO6/c1-6-22(23(25)26,17-9-7-15(2)8-10-17)12-11-18(24)16-13-19(27-3)21(29-5)20(14-16)28-4/h7-10,13-14H,6,11-12H2,1-5H3. The Kier molecular flexibility index (Phi) is 7.20. The molecule has 0 aromatic heterocycles. The van der Waals surface area contributed by atoms with Crippen LogP contribution < -0.4 is 14.2 Å². The summed E-state index contributed by atoms with van der Waals surface area (Å²) in [5.74, 6) is 0.893. The molecule has 0 N–H and O–H groups in total. The first kappa shape index (κ1) is 22.2. The van der Waals surface area contributed by atoms with Crippen LogP contribution in [-0.4, -0.2) is 32.0 Å². The fourth-order valence-corrected chi connectivity index (χ4v) is 3.42. The molecule has 0 radical (unpaired) electrons. The average Bonchev–Trinajstić information content (AvgIpc) is 2.73. The molecule has 29 heavy (non-hydrogen) atoms. The van der Waals surface area contributed by atoms with Gasteiger partial charge in [-0.3, -0.25) is 14.9 Å². The molecule has 0 fully saturated rings. The van der Waals surface area contributed by atoms with Crippen molar-refractivity contribution in [3.05, 3.63) is 63.2 Å². The molecule has 0 saturated carbocycles. The molecule has 0 aliphatic heterocycles. The molecule has 2 aromatic rings. The Morgan fingerprint density at radius 1 is 1.03 bits per heavy atom. The number of rotatable bonds is 10. The molecule has 0 spiro atoms. The summed E-state index contributed by atoms with van der Waals surface area (Å²) >= 11 is 0. The number of nitrogens with zero attached hydrogens (tertiary/aromatic N) is 1. The number of ketones is 1. The Hall–Kier alpha value is -3.09. The van der Waals surface area contributed by atoms with Gasteiger partial charge >= 0.3 is 0 Å². The Balaban J connectivity index is 2.33. The third-order valence-corrected chi connectivity index (χ3v) is 5.28. The van der Waals surface area contributed by atoms with Gasteiger partial charge in [-0.2, -0.15) is 0 Å². The molecule has 0 aliphatic rings. The van der Waals surface area contributed by atoms with Crippen molar-refractivity contribution in [2.45, 2.75) is 38.6 Å². The van der Waals surface area contributed by atoms with Crippen LogP contribution in [0.25, 0.3) is 0 Å². The zero-order valence-electron chi connectivity index (χ0n) is 17.5. The van der Waals surface area contributed by atoms with E-state index in [1.807, 2.05) is 19.1 Å². The number of ether oxygens (including phenoxy) is 3. The molecule has 156 valence electrons. The number of methoxy groups -OCH3 is 3. The van der Waals surface area contributed by atoms with Crippen LogP contribution in [0.3, 0.4) is 0 Å². The molecular formula is C22H27NO6. The fraction of sp³-hybridized carbons (Fsp3) is 0.409. The lowest BCUT2D eigenvalue weighted by Crippen LogP contribution is -2.35. The first-order valence-electron chi connectivity index (χ1n) is 9.37. The molecule has 2 aromatic carbocycles. The molecule has 0 aliphatic carbocycles. The summed E-state index contributed by atoms with van der Waals surface area (Å²) in [5.41, 5.74) is 0.671. The van der Waals surface area contributed by atoms with Crippen molar-refractivity contribution < 1.29 is 23.9 Å². The van der Waals surface area contributed by atoms with Crippen LogP contribution in [0.5, 0.6) is 17.2 Å². The van der Waals surface area contributed by atoms with Crippen molar-refractivity contribution in [1.29, 1.82) is 0 Å². The van der Waals surface area contributed by atoms with Crippen molar-refractivity contribution >= 4 is 5.78 Å². The van der Waals surface area contributed by atoms with Crippen LogP contribution in [-0.2, 0) is 5.54 Å². The normalized spacial score (nSPS) is 12.7. The van der Waals surface area contributed by atoms with Gasteiger partial charge in [0, 0.05) is 35.3 Å². The van der Waals surface area contributed by atoms with Crippen molar-refractivity contribution in [3.63, 3.8) is 0 Å². The second kappa shape index (κ2) is 9.41. The Morgan fingerprint density at radius 2 is 1.59 bits per heavy atom. The highest BCUT2D eigenvalue weighted by atomic mass is 16.6. The number of aryl methyl sites for hydroxylation is 1. The van der Waals surface area contributed by atoms with E-state index >= 15 is 0 Å². The Bertz CT molecular complexity index is 852. The van der Waals surface area contributed by atoms with Crippen molar-refractivity contribution in [1.82, 2.24) is 0 Å². The number of benzene rings is 2. The smallest absolute Gasteiger partial charge is 0.247 e. The zero-order valence-corrected chi connectivity index (χ0v) is 17.5. The molecule has 0 bridgehead atoms. The van der Waals surface area contributed by atoms with Gasteiger partial charge in [0.2, 0.25) is 11.3 Å². The third-order valence-electron chi connectivity index (χ3n) is 5.28. The van der Waals surface area contributed by atoms with Gasteiger partial charge in [0.05, 0.1) is 21.3 Å². The van der Waals surface area contributed by atoms with E-state index in [4.69, 9.17) is 14.2 Å². The maximum Gasteiger partial charge on any atom is 0.247 e. The second-order valence-electron chi connectivity index (χ2n) is 6.85. The maximum atomic E-state index is 12.9. The number of hydrogen-bond donors (Lipinski definition) is 0. The van der Waals surface area contributed by atoms with Gasteiger partial charge < -0.3 is 14.2 Å². The van der Waals surface area contributed by atoms with E-state index < -0.39 is 5.54 Å². The van der Waals surface area contributed by atoms with Crippen LogP contribution in [0.4, 0.5) is 0 Å². The highest BCUT2D eigenvalue weighted by Gasteiger charge is 2.43. The first-order chi connectivity index (χ1) is 13.8. The maximum absolute atomic E-state index is 12.9. The number of carbonyl (C=O) groups excluding carboxylic acids is 1. The lowest BCUT2D eigenvalue weighted by molar-refractivity contribution is -0.581. The molecule has 1 atom stereocenters.